The van der Waals surface area contributed by atoms with Crippen molar-refractivity contribution < 1.29 is 13.9 Å². The Bertz CT molecular complexity index is 1210. The number of ether oxygens (including phenoxy) is 1. The van der Waals surface area contributed by atoms with E-state index in [0.29, 0.717) is 29.4 Å². The van der Waals surface area contributed by atoms with Gasteiger partial charge in [0, 0.05) is 5.56 Å². The molecule has 0 aliphatic carbocycles. The van der Waals surface area contributed by atoms with Gasteiger partial charge < -0.3 is 4.74 Å². The molecule has 0 unspecified atom stereocenters. The van der Waals surface area contributed by atoms with E-state index < -0.39 is 0 Å². The molecule has 0 bridgehead atoms. The number of fused-ring (bicyclic) bond motifs is 1. The minimum atomic E-state index is -0.343. The number of tetrazole rings is 1. The Balaban J connectivity index is 1.44. The molecule has 5 rings (SSSR count). The second-order valence-corrected chi connectivity index (χ2v) is 7.12. The lowest BCUT2D eigenvalue weighted by molar-refractivity contribution is -0.120. The van der Waals surface area contributed by atoms with Crippen molar-refractivity contribution in [3.8, 4) is 17.1 Å². The van der Waals surface area contributed by atoms with Gasteiger partial charge in [-0.2, -0.15) is 4.80 Å². The summed E-state index contributed by atoms with van der Waals surface area (Å²) in [4.78, 5) is 16.4. The van der Waals surface area contributed by atoms with Crippen molar-refractivity contribution in [3.63, 3.8) is 0 Å². The van der Waals surface area contributed by atoms with E-state index in [1.807, 2.05) is 54.6 Å². The monoisotopic (exact) mass is 415 g/mol. The summed E-state index contributed by atoms with van der Waals surface area (Å²) in [5.41, 5.74) is 2.30. The standard InChI is InChI=1S/C23H18FN5O2/c24-18-12-10-17(11-13-18)23-25-27-28(26-23)14-22(30)29-19-8-4-5-9-21(19)31-15-20(29)16-6-2-1-3-7-16/h1-13,20H,14-15H2/t20-/m0/s1. The third-order valence-corrected chi connectivity index (χ3v) is 5.12. The molecule has 1 atom stereocenters. The normalized spacial score (nSPS) is 15.3. The first-order valence-corrected chi connectivity index (χ1v) is 9.81. The topological polar surface area (TPSA) is 73.1 Å². The Morgan fingerprint density at radius 3 is 2.55 bits per heavy atom. The molecule has 31 heavy (non-hydrogen) atoms. The molecule has 0 saturated heterocycles. The quantitative estimate of drug-likeness (QED) is 0.509. The summed E-state index contributed by atoms with van der Waals surface area (Å²) in [6.07, 6.45) is 0. The molecule has 1 aromatic heterocycles. The zero-order valence-corrected chi connectivity index (χ0v) is 16.4. The molecule has 2 heterocycles. The first-order valence-electron chi connectivity index (χ1n) is 9.81. The molecule has 1 aliphatic heterocycles. The Kier molecular flexibility index (Phi) is 4.87. The van der Waals surface area contributed by atoms with Crippen LogP contribution in [0.3, 0.4) is 0 Å². The molecule has 1 aliphatic rings. The fraction of sp³-hybridized carbons (Fsp3) is 0.130. The molecular weight excluding hydrogens is 397 g/mol. The number of aromatic nitrogens is 4. The van der Waals surface area contributed by atoms with Crippen molar-refractivity contribution in [3.05, 3.63) is 90.2 Å². The van der Waals surface area contributed by atoms with Crippen LogP contribution >= 0.6 is 0 Å². The molecule has 7 nitrogen and oxygen atoms in total. The van der Waals surface area contributed by atoms with Gasteiger partial charge in [-0.25, -0.2) is 4.39 Å². The number of hydrogen-bond donors (Lipinski definition) is 0. The van der Waals surface area contributed by atoms with Crippen LogP contribution in [0.15, 0.2) is 78.9 Å². The van der Waals surface area contributed by atoms with Crippen LogP contribution in [0.2, 0.25) is 0 Å². The number of amides is 1. The first-order chi connectivity index (χ1) is 15.2. The number of benzene rings is 3. The zero-order chi connectivity index (χ0) is 21.2. The van der Waals surface area contributed by atoms with Gasteiger partial charge in [0.2, 0.25) is 5.82 Å². The summed E-state index contributed by atoms with van der Waals surface area (Å²) in [5.74, 6) is 0.452. The number of anilines is 1. The highest BCUT2D eigenvalue weighted by molar-refractivity contribution is 5.96. The smallest absolute Gasteiger partial charge is 0.251 e. The summed E-state index contributed by atoms with van der Waals surface area (Å²) in [7, 11) is 0. The van der Waals surface area contributed by atoms with Crippen molar-refractivity contribution in [2.24, 2.45) is 0 Å². The third-order valence-electron chi connectivity index (χ3n) is 5.12. The van der Waals surface area contributed by atoms with Crippen LogP contribution < -0.4 is 9.64 Å². The van der Waals surface area contributed by atoms with Crippen LogP contribution in [0, 0.1) is 5.82 Å². The van der Waals surface area contributed by atoms with Gasteiger partial charge in [-0.15, -0.1) is 10.2 Å². The van der Waals surface area contributed by atoms with Crippen molar-refractivity contribution >= 4 is 11.6 Å². The van der Waals surface area contributed by atoms with E-state index in [2.05, 4.69) is 15.4 Å². The summed E-state index contributed by atoms with van der Waals surface area (Å²) in [6.45, 7) is 0.254. The van der Waals surface area contributed by atoms with Crippen molar-refractivity contribution in [1.82, 2.24) is 20.2 Å². The van der Waals surface area contributed by atoms with E-state index >= 15 is 0 Å². The lowest BCUT2D eigenvalue weighted by Gasteiger charge is -2.37. The zero-order valence-electron chi connectivity index (χ0n) is 16.4. The molecule has 0 saturated carbocycles. The molecule has 0 fully saturated rings. The van der Waals surface area contributed by atoms with E-state index in [0.717, 1.165) is 5.56 Å². The van der Waals surface area contributed by atoms with E-state index in [1.165, 1.54) is 16.9 Å². The Hall–Kier alpha value is -4.07. The van der Waals surface area contributed by atoms with Crippen LogP contribution in [0.1, 0.15) is 11.6 Å². The van der Waals surface area contributed by atoms with E-state index in [-0.39, 0.29) is 24.3 Å². The Morgan fingerprint density at radius 2 is 1.74 bits per heavy atom. The molecule has 0 N–H and O–H groups in total. The van der Waals surface area contributed by atoms with Gasteiger partial charge in [-0.1, -0.05) is 42.5 Å². The average molecular weight is 415 g/mol. The third kappa shape index (κ3) is 3.75. The maximum absolute atomic E-state index is 13.4. The predicted molar refractivity (Wildman–Crippen MR) is 112 cm³/mol. The summed E-state index contributed by atoms with van der Waals surface area (Å²) in [5, 5.41) is 12.3. The van der Waals surface area contributed by atoms with Crippen molar-refractivity contribution in [2.75, 3.05) is 11.5 Å². The minimum Gasteiger partial charge on any atom is -0.489 e. The van der Waals surface area contributed by atoms with Crippen LogP contribution in [0.4, 0.5) is 10.1 Å². The van der Waals surface area contributed by atoms with Gasteiger partial charge in [-0.05, 0) is 47.2 Å². The average Bonchev–Trinajstić information content (AvgIpc) is 3.27. The first kappa shape index (κ1) is 18.9. The minimum absolute atomic E-state index is 0.0914. The number of halogens is 1. The van der Waals surface area contributed by atoms with E-state index in [1.54, 1.807) is 17.0 Å². The van der Waals surface area contributed by atoms with Gasteiger partial charge in [0.25, 0.3) is 5.91 Å². The molecule has 0 spiro atoms. The Morgan fingerprint density at radius 1 is 1.00 bits per heavy atom. The van der Waals surface area contributed by atoms with E-state index in [4.69, 9.17) is 4.74 Å². The number of rotatable bonds is 4. The summed E-state index contributed by atoms with van der Waals surface area (Å²) >= 11 is 0. The molecule has 8 heteroatoms. The lowest BCUT2D eigenvalue weighted by Crippen LogP contribution is -2.43. The molecule has 154 valence electrons. The number of para-hydroxylation sites is 2. The highest BCUT2D eigenvalue weighted by Gasteiger charge is 2.33. The van der Waals surface area contributed by atoms with Gasteiger partial charge in [0.15, 0.2) is 0 Å². The van der Waals surface area contributed by atoms with Gasteiger partial charge in [0.1, 0.15) is 24.7 Å². The maximum atomic E-state index is 13.4. The van der Waals surface area contributed by atoms with Gasteiger partial charge >= 0.3 is 0 Å². The van der Waals surface area contributed by atoms with Crippen molar-refractivity contribution in [2.45, 2.75) is 12.6 Å². The van der Waals surface area contributed by atoms with Crippen LogP contribution in [0.25, 0.3) is 11.4 Å². The fourth-order valence-corrected chi connectivity index (χ4v) is 3.64. The molecule has 3 aromatic carbocycles. The number of carbonyl (C=O) groups is 1. The highest BCUT2D eigenvalue weighted by Crippen LogP contribution is 2.39. The molecular formula is C23H18FN5O2. The van der Waals surface area contributed by atoms with E-state index in [9.17, 15) is 9.18 Å². The lowest BCUT2D eigenvalue weighted by atomic mass is 10.0. The van der Waals surface area contributed by atoms with Crippen LogP contribution in [0.5, 0.6) is 5.75 Å². The second-order valence-electron chi connectivity index (χ2n) is 7.12. The molecule has 0 radical (unpaired) electrons. The summed E-state index contributed by atoms with van der Waals surface area (Å²) < 4.78 is 19.1. The Labute approximate surface area is 177 Å². The van der Waals surface area contributed by atoms with Crippen LogP contribution in [-0.2, 0) is 11.3 Å². The van der Waals surface area contributed by atoms with Gasteiger partial charge in [0.05, 0.1) is 11.7 Å². The largest absolute Gasteiger partial charge is 0.489 e. The number of hydrogen-bond acceptors (Lipinski definition) is 5. The predicted octanol–water partition coefficient (Wildman–Crippen LogP) is 3.65. The molecule has 4 aromatic rings. The number of carbonyl (C=O) groups excluding carboxylic acids is 1. The fourth-order valence-electron chi connectivity index (χ4n) is 3.64. The van der Waals surface area contributed by atoms with Gasteiger partial charge in [-0.3, -0.25) is 9.69 Å². The highest BCUT2D eigenvalue weighted by atomic mass is 19.1. The number of nitrogens with zero attached hydrogens (tertiary/aromatic N) is 5. The maximum Gasteiger partial charge on any atom is 0.251 e. The SMILES string of the molecule is O=C(Cn1nnc(-c2ccc(F)cc2)n1)N1c2ccccc2OC[C@H]1c1ccccc1. The second kappa shape index (κ2) is 7.98. The molecule has 1 amide bonds. The summed E-state index contributed by atoms with van der Waals surface area (Å²) in [6, 6.07) is 22.7. The van der Waals surface area contributed by atoms with Crippen LogP contribution in [-0.4, -0.2) is 32.7 Å². The van der Waals surface area contributed by atoms with Crippen molar-refractivity contribution in [1.29, 1.82) is 0 Å².